The molecule has 0 aliphatic heterocycles. The predicted molar refractivity (Wildman–Crippen MR) is 136 cm³/mol. The van der Waals surface area contributed by atoms with E-state index in [2.05, 4.69) is 101 Å². The van der Waals surface area contributed by atoms with Crippen molar-refractivity contribution in [2.75, 3.05) is 0 Å². The van der Waals surface area contributed by atoms with Gasteiger partial charge in [-0.2, -0.15) is 0 Å². The first-order valence-corrected chi connectivity index (χ1v) is 11.0. The molecule has 3 heterocycles. The van der Waals surface area contributed by atoms with Crippen LogP contribution in [0.2, 0.25) is 0 Å². The van der Waals surface area contributed by atoms with Crippen molar-refractivity contribution >= 4 is 33.7 Å². The first-order valence-electron chi connectivity index (χ1n) is 11.0. The molecular weight excluding hydrogens is 402 g/mol. The minimum Gasteiger partial charge on any atom is -0.354 e. The summed E-state index contributed by atoms with van der Waals surface area (Å²) in [5.74, 6) is 0. The highest BCUT2D eigenvalue weighted by molar-refractivity contribution is 5.94. The second kappa shape index (κ2) is 8.21. The lowest BCUT2D eigenvalue weighted by molar-refractivity contribution is 1.25. The number of nitrogens with one attached hydrogen (secondary N) is 1. The second-order valence-corrected chi connectivity index (χ2v) is 8.05. The number of aromatic nitrogens is 3. The summed E-state index contributed by atoms with van der Waals surface area (Å²) in [6.07, 6.45) is 7.99. The molecule has 1 N–H and O–H groups in total. The van der Waals surface area contributed by atoms with Crippen molar-refractivity contribution < 1.29 is 0 Å². The lowest BCUT2D eigenvalue weighted by Crippen LogP contribution is -2.10. The van der Waals surface area contributed by atoms with E-state index in [1.807, 2.05) is 30.6 Å². The van der Waals surface area contributed by atoms with Crippen LogP contribution in [0.3, 0.4) is 0 Å². The van der Waals surface area contributed by atoms with Crippen LogP contribution in [-0.4, -0.2) is 15.0 Å². The molecule has 0 unspecified atom stereocenters. The molecule has 0 spiro atoms. The van der Waals surface area contributed by atoms with Gasteiger partial charge in [-0.3, -0.25) is 9.97 Å². The summed E-state index contributed by atoms with van der Waals surface area (Å²) in [6, 6.07) is 33.4. The largest absolute Gasteiger partial charge is 0.354 e. The van der Waals surface area contributed by atoms with Gasteiger partial charge in [0.05, 0.1) is 11.4 Å². The van der Waals surface area contributed by atoms with Gasteiger partial charge in [0.2, 0.25) is 0 Å². The fourth-order valence-corrected chi connectivity index (χ4v) is 4.36. The molecule has 0 saturated carbocycles. The van der Waals surface area contributed by atoms with Crippen molar-refractivity contribution in [1.29, 1.82) is 0 Å². The minimum atomic E-state index is 0.931. The van der Waals surface area contributed by atoms with Gasteiger partial charge < -0.3 is 4.98 Å². The van der Waals surface area contributed by atoms with Crippen LogP contribution in [0.25, 0.3) is 45.0 Å². The molecule has 0 atom stereocenters. The Bertz CT molecular complexity index is 1710. The smallest absolute Gasteiger partial charge is 0.0780 e. The maximum absolute atomic E-state index is 4.69. The van der Waals surface area contributed by atoms with Gasteiger partial charge in [-0.25, -0.2) is 0 Å². The third kappa shape index (κ3) is 3.70. The van der Waals surface area contributed by atoms with Crippen LogP contribution in [0.15, 0.2) is 109 Å². The zero-order chi connectivity index (χ0) is 22.0. The van der Waals surface area contributed by atoms with Crippen LogP contribution in [-0.2, 0) is 0 Å². The van der Waals surface area contributed by atoms with Crippen molar-refractivity contribution in [1.82, 2.24) is 15.0 Å². The summed E-state index contributed by atoms with van der Waals surface area (Å²) in [6.45, 7) is 0. The summed E-state index contributed by atoms with van der Waals surface area (Å²) in [7, 11) is 0. The molecule has 6 aromatic rings. The van der Waals surface area contributed by atoms with Gasteiger partial charge in [0.1, 0.15) is 0 Å². The Labute approximate surface area is 191 Å². The van der Waals surface area contributed by atoms with E-state index in [1.165, 1.54) is 16.2 Å². The number of H-pyrrole nitrogens is 1. The quantitative estimate of drug-likeness (QED) is 0.412. The van der Waals surface area contributed by atoms with Crippen molar-refractivity contribution in [3.05, 3.63) is 131 Å². The van der Waals surface area contributed by atoms with Gasteiger partial charge >= 0.3 is 0 Å². The van der Waals surface area contributed by atoms with Crippen LogP contribution in [0.4, 0.5) is 0 Å². The van der Waals surface area contributed by atoms with E-state index in [4.69, 9.17) is 4.98 Å². The van der Waals surface area contributed by atoms with E-state index in [0.717, 1.165) is 38.6 Å². The van der Waals surface area contributed by atoms with Crippen molar-refractivity contribution in [2.24, 2.45) is 0 Å². The fraction of sp³-hybridized carbons (Fsp3) is 0. The molecule has 0 aliphatic carbocycles. The molecular formula is C30H21N3. The summed E-state index contributed by atoms with van der Waals surface area (Å²) in [5, 5.41) is 6.87. The molecule has 33 heavy (non-hydrogen) atoms. The zero-order valence-electron chi connectivity index (χ0n) is 17.9. The number of benzene rings is 3. The third-order valence-electron chi connectivity index (χ3n) is 5.90. The maximum Gasteiger partial charge on any atom is 0.0780 e. The number of fused-ring (bicyclic) bond motifs is 2. The molecule has 0 aliphatic rings. The Morgan fingerprint density at radius 3 is 2.15 bits per heavy atom. The second-order valence-electron chi connectivity index (χ2n) is 8.05. The monoisotopic (exact) mass is 423 g/mol. The number of rotatable bonds is 3. The van der Waals surface area contributed by atoms with Crippen molar-refractivity contribution in [2.45, 2.75) is 0 Å². The Morgan fingerprint density at radius 1 is 0.576 bits per heavy atom. The van der Waals surface area contributed by atoms with Gasteiger partial charge in [-0.05, 0) is 47.4 Å². The Morgan fingerprint density at radius 2 is 1.33 bits per heavy atom. The Balaban J connectivity index is 1.51. The third-order valence-corrected chi connectivity index (χ3v) is 5.90. The number of aromatic amines is 1. The summed E-state index contributed by atoms with van der Waals surface area (Å²) in [5.41, 5.74) is 4.17. The van der Waals surface area contributed by atoms with E-state index >= 15 is 0 Å². The molecule has 0 amide bonds. The van der Waals surface area contributed by atoms with Crippen LogP contribution >= 0.6 is 0 Å². The van der Waals surface area contributed by atoms with Crippen LogP contribution in [0.1, 0.15) is 11.3 Å². The van der Waals surface area contributed by atoms with Gasteiger partial charge in [0.25, 0.3) is 0 Å². The van der Waals surface area contributed by atoms with Gasteiger partial charge in [-0.15, -0.1) is 0 Å². The molecule has 0 radical (unpaired) electrons. The van der Waals surface area contributed by atoms with E-state index in [-0.39, 0.29) is 0 Å². The molecule has 6 rings (SSSR count). The van der Waals surface area contributed by atoms with Crippen molar-refractivity contribution in [3.8, 4) is 11.3 Å². The summed E-state index contributed by atoms with van der Waals surface area (Å²) in [4.78, 5) is 12.8. The highest BCUT2D eigenvalue weighted by atomic mass is 14.7. The number of pyridine rings is 2. The highest BCUT2D eigenvalue weighted by Gasteiger charge is 2.06. The topological polar surface area (TPSA) is 41.6 Å². The molecule has 3 aromatic carbocycles. The Kier molecular flexibility index (Phi) is 4.78. The molecule has 3 heteroatoms. The van der Waals surface area contributed by atoms with Gasteiger partial charge in [-0.1, -0.05) is 72.8 Å². The van der Waals surface area contributed by atoms with E-state index in [9.17, 15) is 0 Å². The average Bonchev–Trinajstić information content (AvgIpc) is 3.21. The molecule has 0 saturated heterocycles. The first-order chi connectivity index (χ1) is 16.3. The fourth-order valence-electron chi connectivity index (χ4n) is 4.36. The number of hydrogen-bond donors (Lipinski definition) is 1. The van der Waals surface area contributed by atoms with Gasteiger partial charge in [0.15, 0.2) is 0 Å². The van der Waals surface area contributed by atoms with E-state index in [0.29, 0.717) is 0 Å². The average molecular weight is 424 g/mol. The molecule has 3 aromatic heterocycles. The standard InChI is InChI=1S/C30H21N3/c1-2-12-25-22(9-1)15-17-32-30(25)23-10-7-8-21(18-23)19-28-26-13-3-4-14-27(26)29(33-28)20-24-11-5-6-16-31-24/h1-20,33H/b28-19-,29-20-. The molecule has 0 fully saturated rings. The van der Waals surface area contributed by atoms with Crippen LogP contribution < -0.4 is 10.7 Å². The SMILES string of the molecule is C(/c1cccc(-c2nccc3ccccc23)c1)=c1/[nH]/c(=C\c2ccccn2)c2ccccc12. The summed E-state index contributed by atoms with van der Waals surface area (Å²) >= 11 is 0. The lowest BCUT2D eigenvalue weighted by atomic mass is 10.0. The van der Waals surface area contributed by atoms with Crippen LogP contribution in [0.5, 0.6) is 0 Å². The number of nitrogens with zero attached hydrogens (tertiary/aromatic N) is 2. The summed E-state index contributed by atoms with van der Waals surface area (Å²) < 4.78 is 0. The molecule has 156 valence electrons. The van der Waals surface area contributed by atoms with Gasteiger partial charge in [0, 0.05) is 44.8 Å². The normalized spacial score (nSPS) is 12.6. The molecule has 3 nitrogen and oxygen atoms in total. The molecule has 0 bridgehead atoms. The van der Waals surface area contributed by atoms with E-state index < -0.39 is 0 Å². The minimum absolute atomic E-state index is 0.931. The maximum atomic E-state index is 4.69. The van der Waals surface area contributed by atoms with E-state index in [1.54, 1.807) is 0 Å². The zero-order valence-corrected chi connectivity index (χ0v) is 17.9. The first kappa shape index (κ1) is 19.2. The number of hydrogen-bond acceptors (Lipinski definition) is 2. The Hall–Kier alpha value is -4.50. The highest BCUT2D eigenvalue weighted by Crippen LogP contribution is 2.27. The van der Waals surface area contributed by atoms with Crippen LogP contribution in [0, 0.1) is 0 Å². The predicted octanol–water partition coefficient (Wildman–Crippen LogP) is 5.44. The lowest BCUT2D eigenvalue weighted by Gasteiger charge is -2.06. The van der Waals surface area contributed by atoms with Crippen molar-refractivity contribution in [3.63, 3.8) is 0 Å².